The maximum Gasteiger partial charge on any atom is 0.264 e. The summed E-state index contributed by atoms with van der Waals surface area (Å²) in [5.74, 6) is -0.125. The molecule has 1 heterocycles. The summed E-state index contributed by atoms with van der Waals surface area (Å²) in [5, 5.41) is 11.5. The molecule has 1 aliphatic rings. The minimum Gasteiger partial charge on any atom is -0.493 e. The lowest BCUT2D eigenvalue weighted by Crippen LogP contribution is -2.41. The van der Waals surface area contributed by atoms with Crippen LogP contribution in [0, 0.1) is 0 Å². The Balaban J connectivity index is 1.98. The number of hydrogen-bond acceptors (Lipinski definition) is 4. The molecule has 0 saturated heterocycles. The Hall–Kier alpha value is -2.37. The van der Waals surface area contributed by atoms with E-state index in [0.29, 0.717) is 28.6 Å². The SMILES string of the molecule is CCCCOc1ccccc1CN1C(=O)C(O)(CC(C)=O)c2cccc(Cl)c21. The monoisotopic (exact) mass is 401 g/mol. The fourth-order valence-corrected chi connectivity index (χ4v) is 3.79. The standard InChI is InChI=1S/C22H24ClNO4/c1-3-4-12-28-19-11-6-5-8-16(19)14-24-20-17(9-7-10-18(20)23)22(27,21(24)26)13-15(2)25/h5-11,27H,3-4,12-14H2,1-2H3. The Morgan fingerprint density at radius 3 is 2.68 bits per heavy atom. The number of amides is 1. The lowest BCUT2D eigenvalue weighted by Gasteiger charge is -2.23. The van der Waals surface area contributed by atoms with Gasteiger partial charge in [-0.25, -0.2) is 0 Å². The highest BCUT2D eigenvalue weighted by molar-refractivity contribution is 6.35. The molecule has 2 aromatic carbocycles. The highest BCUT2D eigenvalue weighted by Gasteiger charge is 2.51. The van der Waals surface area contributed by atoms with Crippen molar-refractivity contribution >= 4 is 29.0 Å². The van der Waals surface area contributed by atoms with Crippen molar-refractivity contribution in [3.8, 4) is 5.75 Å². The number of rotatable bonds is 8. The fourth-order valence-electron chi connectivity index (χ4n) is 3.52. The molecule has 0 aromatic heterocycles. The number of Topliss-reactive ketones (excluding diaryl/α,β-unsaturated/α-hetero) is 1. The minimum absolute atomic E-state index is 0.193. The first kappa shape index (κ1) is 20.4. The van der Waals surface area contributed by atoms with E-state index in [2.05, 4.69) is 6.92 Å². The predicted octanol–water partition coefficient (Wildman–Crippen LogP) is 4.23. The molecule has 3 rings (SSSR count). The molecule has 1 atom stereocenters. The average Bonchev–Trinajstić information content (AvgIpc) is 2.85. The summed E-state index contributed by atoms with van der Waals surface area (Å²) in [7, 11) is 0. The molecule has 1 amide bonds. The van der Waals surface area contributed by atoms with Gasteiger partial charge in [-0.2, -0.15) is 0 Å². The third-order valence-corrected chi connectivity index (χ3v) is 5.17. The molecule has 0 radical (unpaired) electrons. The van der Waals surface area contributed by atoms with Crippen molar-refractivity contribution in [2.45, 2.75) is 45.3 Å². The summed E-state index contributed by atoms with van der Waals surface area (Å²) in [5.41, 5.74) is -0.278. The molecule has 0 fully saturated rings. The summed E-state index contributed by atoms with van der Waals surface area (Å²) in [4.78, 5) is 26.3. The van der Waals surface area contributed by atoms with E-state index in [9.17, 15) is 14.7 Å². The zero-order valence-corrected chi connectivity index (χ0v) is 16.8. The summed E-state index contributed by atoms with van der Waals surface area (Å²) < 4.78 is 5.87. The van der Waals surface area contributed by atoms with E-state index >= 15 is 0 Å². The van der Waals surface area contributed by atoms with Gasteiger partial charge in [0.25, 0.3) is 5.91 Å². The van der Waals surface area contributed by atoms with Gasteiger partial charge in [-0.05, 0) is 25.5 Å². The van der Waals surface area contributed by atoms with Crippen LogP contribution >= 0.6 is 11.6 Å². The van der Waals surface area contributed by atoms with E-state index in [-0.39, 0.29) is 18.7 Å². The lowest BCUT2D eigenvalue weighted by molar-refractivity contribution is -0.141. The van der Waals surface area contributed by atoms with E-state index in [0.717, 1.165) is 18.4 Å². The van der Waals surface area contributed by atoms with Gasteiger partial charge in [0, 0.05) is 17.5 Å². The molecule has 6 heteroatoms. The first-order chi connectivity index (χ1) is 13.4. The molecule has 5 nitrogen and oxygen atoms in total. The fraction of sp³-hybridized carbons (Fsp3) is 0.364. The summed E-state index contributed by atoms with van der Waals surface area (Å²) >= 11 is 6.38. The number of ether oxygens (including phenoxy) is 1. The molecule has 1 N–H and O–H groups in total. The van der Waals surface area contributed by atoms with E-state index in [1.54, 1.807) is 18.2 Å². The van der Waals surface area contributed by atoms with E-state index < -0.39 is 11.5 Å². The third-order valence-electron chi connectivity index (χ3n) is 4.86. The molecular weight excluding hydrogens is 378 g/mol. The van der Waals surface area contributed by atoms with Crippen LogP contribution in [0.4, 0.5) is 5.69 Å². The molecule has 0 spiro atoms. The van der Waals surface area contributed by atoms with Gasteiger partial charge in [0.2, 0.25) is 0 Å². The lowest BCUT2D eigenvalue weighted by atomic mass is 9.90. The van der Waals surface area contributed by atoms with E-state index in [1.165, 1.54) is 11.8 Å². The molecule has 0 aliphatic carbocycles. The number of fused-ring (bicyclic) bond motifs is 1. The van der Waals surface area contributed by atoms with Crippen LogP contribution < -0.4 is 9.64 Å². The van der Waals surface area contributed by atoms with Crippen LogP contribution in [0.15, 0.2) is 42.5 Å². The predicted molar refractivity (Wildman–Crippen MR) is 109 cm³/mol. The highest BCUT2D eigenvalue weighted by atomic mass is 35.5. The highest BCUT2D eigenvalue weighted by Crippen LogP contribution is 2.47. The Bertz CT molecular complexity index is 898. The van der Waals surface area contributed by atoms with Crippen LogP contribution in [0.3, 0.4) is 0 Å². The van der Waals surface area contributed by atoms with Gasteiger partial charge >= 0.3 is 0 Å². The summed E-state index contributed by atoms with van der Waals surface area (Å²) in [6, 6.07) is 12.5. The van der Waals surface area contributed by atoms with Crippen molar-refractivity contribution in [2.24, 2.45) is 0 Å². The molecule has 28 heavy (non-hydrogen) atoms. The Labute approximate surface area is 169 Å². The van der Waals surface area contributed by atoms with Gasteiger partial charge in [-0.1, -0.05) is 55.3 Å². The number of aliphatic hydroxyl groups is 1. The maximum absolute atomic E-state index is 13.2. The number of para-hydroxylation sites is 2. The second-order valence-electron chi connectivity index (χ2n) is 7.08. The number of nitrogens with zero attached hydrogens (tertiary/aromatic N) is 1. The van der Waals surface area contributed by atoms with Crippen molar-refractivity contribution < 1.29 is 19.4 Å². The van der Waals surface area contributed by atoms with Crippen LogP contribution in [0.1, 0.15) is 44.2 Å². The second kappa shape index (κ2) is 8.33. The number of halogens is 1. The van der Waals surface area contributed by atoms with Crippen molar-refractivity contribution in [1.29, 1.82) is 0 Å². The third kappa shape index (κ3) is 3.77. The number of hydrogen-bond donors (Lipinski definition) is 1. The second-order valence-corrected chi connectivity index (χ2v) is 7.48. The first-order valence-electron chi connectivity index (χ1n) is 9.42. The number of carbonyl (C=O) groups excluding carboxylic acids is 2. The van der Waals surface area contributed by atoms with E-state index in [1.807, 2.05) is 24.3 Å². The Morgan fingerprint density at radius 2 is 1.96 bits per heavy atom. The molecule has 2 aromatic rings. The van der Waals surface area contributed by atoms with Crippen molar-refractivity contribution in [3.63, 3.8) is 0 Å². The van der Waals surface area contributed by atoms with Crippen molar-refractivity contribution in [2.75, 3.05) is 11.5 Å². The number of ketones is 1. The zero-order chi connectivity index (χ0) is 20.3. The van der Waals surface area contributed by atoms with Crippen molar-refractivity contribution in [1.82, 2.24) is 0 Å². The van der Waals surface area contributed by atoms with Crippen LogP contribution in [0.5, 0.6) is 5.75 Å². The smallest absolute Gasteiger partial charge is 0.264 e. The van der Waals surface area contributed by atoms with Crippen LogP contribution in [0.2, 0.25) is 5.02 Å². The topological polar surface area (TPSA) is 66.8 Å². The van der Waals surface area contributed by atoms with Gasteiger partial charge in [-0.15, -0.1) is 0 Å². The zero-order valence-electron chi connectivity index (χ0n) is 16.1. The summed E-state index contributed by atoms with van der Waals surface area (Å²) in [6.07, 6.45) is 1.67. The first-order valence-corrected chi connectivity index (χ1v) is 9.79. The number of anilines is 1. The maximum atomic E-state index is 13.2. The van der Waals surface area contributed by atoms with Gasteiger partial charge in [0.05, 0.1) is 23.9 Å². The molecule has 0 bridgehead atoms. The van der Waals surface area contributed by atoms with Gasteiger partial charge in [0.1, 0.15) is 11.5 Å². The molecule has 1 aliphatic heterocycles. The van der Waals surface area contributed by atoms with Crippen molar-refractivity contribution in [3.05, 3.63) is 58.6 Å². The minimum atomic E-state index is -1.90. The van der Waals surface area contributed by atoms with Gasteiger partial charge in [-0.3, -0.25) is 9.59 Å². The van der Waals surface area contributed by atoms with Gasteiger partial charge in [0.15, 0.2) is 5.60 Å². The number of carbonyl (C=O) groups is 2. The molecule has 148 valence electrons. The van der Waals surface area contributed by atoms with Crippen LogP contribution in [0.25, 0.3) is 0 Å². The van der Waals surface area contributed by atoms with Crippen LogP contribution in [-0.4, -0.2) is 23.4 Å². The summed E-state index contributed by atoms with van der Waals surface area (Å²) in [6.45, 7) is 4.23. The number of benzene rings is 2. The molecule has 1 unspecified atom stereocenters. The van der Waals surface area contributed by atoms with Crippen LogP contribution in [-0.2, 0) is 21.7 Å². The van der Waals surface area contributed by atoms with E-state index in [4.69, 9.17) is 16.3 Å². The molecular formula is C22H24ClNO4. The number of unbranched alkanes of at least 4 members (excludes halogenated alkanes) is 1. The normalized spacial score (nSPS) is 18.3. The largest absolute Gasteiger partial charge is 0.493 e. The Morgan fingerprint density at radius 1 is 1.21 bits per heavy atom. The Kier molecular flexibility index (Phi) is 6.06. The molecule has 0 saturated carbocycles. The quantitative estimate of drug-likeness (QED) is 0.672. The van der Waals surface area contributed by atoms with Gasteiger partial charge < -0.3 is 14.7 Å². The average molecular weight is 402 g/mol.